The second-order valence-corrected chi connectivity index (χ2v) is 7.23. The Hall–Kier alpha value is -3.05. The fourth-order valence-corrected chi connectivity index (χ4v) is 3.56. The Morgan fingerprint density at radius 2 is 1.86 bits per heavy atom. The number of carbonyl (C=O) groups excluding carboxylic acids is 1. The number of nitrogens with one attached hydrogen (secondary N) is 1. The van der Waals surface area contributed by atoms with E-state index < -0.39 is 0 Å². The highest BCUT2D eigenvalue weighted by Crippen LogP contribution is 2.17. The van der Waals surface area contributed by atoms with Gasteiger partial charge in [0.05, 0.1) is 11.1 Å². The van der Waals surface area contributed by atoms with Gasteiger partial charge in [0, 0.05) is 24.3 Å². The van der Waals surface area contributed by atoms with Crippen LogP contribution < -0.4 is 5.43 Å². The summed E-state index contributed by atoms with van der Waals surface area (Å²) in [6.45, 7) is 3.10. The molecule has 0 saturated carbocycles. The minimum Gasteiger partial charge on any atom is -0.299 e. The Morgan fingerprint density at radius 1 is 1.11 bits per heavy atom. The van der Waals surface area contributed by atoms with Gasteiger partial charge in [-0.25, -0.2) is 5.43 Å². The van der Waals surface area contributed by atoms with Crippen molar-refractivity contribution in [1.82, 2.24) is 15.3 Å². The highest BCUT2D eigenvalue weighted by atomic mass is 16.2. The third-order valence-corrected chi connectivity index (χ3v) is 5.19. The van der Waals surface area contributed by atoms with Crippen molar-refractivity contribution in [2.45, 2.75) is 19.4 Å². The Morgan fingerprint density at radius 3 is 2.68 bits per heavy atom. The molecule has 0 radical (unpaired) electrons. The Balaban J connectivity index is 1.26. The van der Waals surface area contributed by atoms with Crippen molar-refractivity contribution < 1.29 is 4.79 Å². The van der Waals surface area contributed by atoms with Gasteiger partial charge in [-0.2, -0.15) is 5.10 Å². The number of amides is 1. The molecular weight excluding hydrogens is 348 g/mol. The number of rotatable bonds is 5. The Labute approximate surface area is 165 Å². The zero-order chi connectivity index (χ0) is 19.2. The quantitative estimate of drug-likeness (QED) is 0.546. The molecule has 28 heavy (non-hydrogen) atoms. The van der Waals surface area contributed by atoms with E-state index in [4.69, 9.17) is 0 Å². The van der Waals surface area contributed by atoms with Gasteiger partial charge in [0.1, 0.15) is 0 Å². The number of hydrogen-bond acceptors (Lipinski definition) is 4. The van der Waals surface area contributed by atoms with Gasteiger partial charge in [-0.1, -0.05) is 48.5 Å². The molecule has 0 unspecified atom stereocenters. The molecule has 5 heteroatoms. The van der Waals surface area contributed by atoms with E-state index in [1.807, 2.05) is 36.5 Å². The van der Waals surface area contributed by atoms with E-state index in [9.17, 15) is 4.79 Å². The molecule has 0 aliphatic carbocycles. The van der Waals surface area contributed by atoms with Gasteiger partial charge >= 0.3 is 0 Å². The van der Waals surface area contributed by atoms with Crippen LogP contribution in [0.25, 0.3) is 10.9 Å². The Bertz CT molecular complexity index is 963. The van der Waals surface area contributed by atoms with E-state index in [0.29, 0.717) is 11.5 Å². The van der Waals surface area contributed by atoms with Crippen LogP contribution in [0, 0.1) is 5.92 Å². The predicted octanol–water partition coefficient (Wildman–Crippen LogP) is 3.86. The van der Waals surface area contributed by atoms with E-state index in [1.54, 1.807) is 6.20 Å². The molecule has 1 fully saturated rings. The van der Waals surface area contributed by atoms with Crippen LogP contribution in [-0.2, 0) is 6.54 Å². The van der Waals surface area contributed by atoms with E-state index in [1.165, 1.54) is 5.56 Å². The smallest absolute Gasteiger partial charge is 0.272 e. The summed E-state index contributed by atoms with van der Waals surface area (Å²) in [6.07, 6.45) is 5.59. The highest BCUT2D eigenvalue weighted by molar-refractivity contribution is 5.97. The molecule has 2 aromatic carbocycles. The third kappa shape index (κ3) is 4.61. The Kier molecular flexibility index (Phi) is 5.73. The zero-order valence-electron chi connectivity index (χ0n) is 15.8. The number of hydrazone groups is 1. The van der Waals surface area contributed by atoms with Crippen molar-refractivity contribution in [3.8, 4) is 0 Å². The van der Waals surface area contributed by atoms with Crippen LogP contribution in [0.15, 0.2) is 72.0 Å². The predicted molar refractivity (Wildman–Crippen MR) is 112 cm³/mol. The fourth-order valence-electron chi connectivity index (χ4n) is 3.56. The van der Waals surface area contributed by atoms with Crippen molar-refractivity contribution in [2.75, 3.05) is 13.1 Å². The lowest BCUT2D eigenvalue weighted by molar-refractivity contribution is 0.0954. The van der Waals surface area contributed by atoms with Crippen LogP contribution >= 0.6 is 0 Å². The van der Waals surface area contributed by atoms with Crippen molar-refractivity contribution in [2.24, 2.45) is 11.0 Å². The maximum atomic E-state index is 12.3. The summed E-state index contributed by atoms with van der Waals surface area (Å²) in [5.74, 6) is 0.179. The number of fused-ring (bicyclic) bond motifs is 1. The van der Waals surface area contributed by atoms with Crippen molar-refractivity contribution in [3.05, 3.63) is 78.0 Å². The SMILES string of the molecule is O=C(N/N=C/C1CCN(Cc2ccccc2)CC1)c1cnc2ccccc2c1. The standard InChI is InChI=1S/C23H24N4O/c28-23(21-14-20-8-4-5-9-22(20)24-16-21)26-25-15-18-10-12-27(13-11-18)17-19-6-2-1-3-7-19/h1-9,14-16,18H,10-13,17H2,(H,26,28)/b25-15+. The normalized spacial score (nSPS) is 15.9. The second-order valence-electron chi connectivity index (χ2n) is 7.23. The summed E-state index contributed by atoms with van der Waals surface area (Å²) in [5, 5.41) is 5.14. The third-order valence-electron chi connectivity index (χ3n) is 5.19. The van der Waals surface area contributed by atoms with Crippen LogP contribution in [0.2, 0.25) is 0 Å². The average Bonchev–Trinajstić information content (AvgIpc) is 2.75. The largest absolute Gasteiger partial charge is 0.299 e. The van der Waals surface area contributed by atoms with Gasteiger partial charge in [-0.15, -0.1) is 0 Å². The van der Waals surface area contributed by atoms with Crippen molar-refractivity contribution in [1.29, 1.82) is 0 Å². The number of hydrogen-bond donors (Lipinski definition) is 1. The van der Waals surface area contributed by atoms with Crippen LogP contribution in [-0.4, -0.2) is 35.1 Å². The maximum Gasteiger partial charge on any atom is 0.272 e. The van der Waals surface area contributed by atoms with Crippen LogP contribution in [0.3, 0.4) is 0 Å². The monoisotopic (exact) mass is 372 g/mol. The summed E-state index contributed by atoms with van der Waals surface area (Å²) in [4.78, 5) is 19.1. The molecule has 1 aliphatic heterocycles. The minimum absolute atomic E-state index is 0.226. The molecule has 1 aromatic heterocycles. The number of piperidine rings is 1. The molecule has 0 atom stereocenters. The topological polar surface area (TPSA) is 57.6 Å². The first-order valence-corrected chi connectivity index (χ1v) is 9.72. The molecule has 4 rings (SSSR count). The lowest BCUT2D eigenvalue weighted by Crippen LogP contribution is -2.34. The molecule has 142 valence electrons. The zero-order valence-corrected chi connectivity index (χ0v) is 15.8. The van der Waals surface area contributed by atoms with Crippen molar-refractivity contribution in [3.63, 3.8) is 0 Å². The minimum atomic E-state index is -0.226. The molecule has 5 nitrogen and oxygen atoms in total. The average molecular weight is 372 g/mol. The van der Waals surface area contributed by atoms with Crippen molar-refractivity contribution >= 4 is 23.0 Å². The number of likely N-dealkylation sites (tertiary alicyclic amines) is 1. The number of nitrogens with zero attached hydrogens (tertiary/aromatic N) is 3. The number of benzene rings is 2. The molecule has 3 aromatic rings. The first-order chi connectivity index (χ1) is 13.8. The van der Waals surface area contributed by atoms with E-state index in [2.05, 4.69) is 50.7 Å². The molecular formula is C23H24N4O. The fraction of sp³-hybridized carbons (Fsp3) is 0.261. The number of para-hydroxylation sites is 1. The van der Waals surface area contributed by atoms with E-state index in [-0.39, 0.29) is 5.91 Å². The lowest BCUT2D eigenvalue weighted by Gasteiger charge is -2.30. The highest BCUT2D eigenvalue weighted by Gasteiger charge is 2.18. The van der Waals surface area contributed by atoms with Gasteiger partial charge in [-0.3, -0.25) is 14.7 Å². The molecule has 0 bridgehead atoms. The summed E-state index contributed by atoms with van der Waals surface area (Å²) in [6, 6.07) is 20.2. The van der Waals surface area contributed by atoms with Gasteiger partial charge in [0.2, 0.25) is 0 Å². The van der Waals surface area contributed by atoms with Gasteiger partial charge < -0.3 is 0 Å². The summed E-state index contributed by atoms with van der Waals surface area (Å²) < 4.78 is 0. The van der Waals surface area contributed by atoms with Gasteiger partial charge in [0.15, 0.2) is 0 Å². The first-order valence-electron chi connectivity index (χ1n) is 9.72. The maximum absolute atomic E-state index is 12.3. The molecule has 0 spiro atoms. The van der Waals surface area contributed by atoms with E-state index in [0.717, 1.165) is 43.4 Å². The van der Waals surface area contributed by atoms with Gasteiger partial charge in [0.25, 0.3) is 5.91 Å². The first kappa shape index (κ1) is 18.3. The van der Waals surface area contributed by atoms with Gasteiger partial charge in [-0.05, 0) is 49.5 Å². The van der Waals surface area contributed by atoms with E-state index >= 15 is 0 Å². The van der Waals surface area contributed by atoms with Crippen LogP contribution in [0.5, 0.6) is 0 Å². The van der Waals surface area contributed by atoms with Crippen LogP contribution in [0.1, 0.15) is 28.8 Å². The van der Waals surface area contributed by atoms with Crippen LogP contribution in [0.4, 0.5) is 0 Å². The summed E-state index contributed by atoms with van der Waals surface area (Å²) in [5.41, 5.74) is 5.39. The number of pyridine rings is 1. The molecule has 1 amide bonds. The lowest BCUT2D eigenvalue weighted by atomic mass is 9.98. The number of aromatic nitrogens is 1. The number of carbonyl (C=O) groups is 1. The summed E-state index contributed by atoms with van der Waals surface area (Å²) >= 11 is 0. The summed E-state index contributed by atoms with van der Waals surface area (Å²) in [7, 11) is 0. The molecule has 1 N–H and O–H groups in total. The molecule has 1 aliphatic rings. The second kappa shape index (κ2) is 8.76. The molecule has 2 heterocycles. The molecule has 1 saturated heterocycles.